The van der Waals surface area contributed by atoms with Crippen LogP contribution in [0.25, 0.3) is 0 Å². The summed E-state index contributed by atoms with van der Waals surface area (Å²) < 4.78 is 25.9. The molecular weight excluding hydrogens is 248 g/mol. The van der Waals surface area contributed by atoms with Crippen molar-refractivity contribution in [3.63, 3.8) is 0 Å². The summed E-state index contributed by atoms with van der Waals surface area (Å²) in [6.45, 7) is 0.825. The molecule has 0 heterocycles. The quantitative estimate of drug-likeness (QED) is 0.908. The van der Waals surface area contributed by atoms with E-state index in [4.69, 9.17) is 0 Å². The topological polar surface area (TPSA) is 23.5 Å². The molecule has 1 saturated carbocycles. The van der Waals surface area contributed by atoms with Gasteiger partial charge in [-0.1, -0.05) is 6.07 Å². The van der Waals surface area contributed by atoms with Crippen molar-refractivity contribution in [2.45, 2.75) is 44.2 Å². The van der Waals surface area contributed by atoms with Gasteiger partial charge in [0.15, 0.2) is 11.6 Å². The minimum atomic E-state index is -0.793. The van der Waals surface area contributed by atoms with Crippen molar-refractivity contribution < 1.29 is 13.9 Å². The zero-order chi connectivity index (χ0) is 13.8. The zero-order valence-corrected chi connectivity index (χ0v) is 11.3. The molecule has 1 N–H and O–H groups in total. The van der Waals surface area contributed by atoms with Gasteiger partial charge in [-0.2, -0.15) is 0 Å². The van der Waals surface area contributed by atoms with Crippen LogP contribution in [0.15, 0.2) is 18.2 Å². The van der Waals surface area contributed by atoms with Gasteiger partial charge in [0.1, 0.15) is 0 Å². The second-order valence-electron chi connectivity index (χ2n) is 5.44. The number of benzene rings is 1. The Bertz CT molecular complexity index is 417. The van der Waals surface area contributed by atoms with Crippen molar-refractivity contribution in [2.24, 2.45) is 0 Å². The summed E-state index contributed by atoms with van der Waals surface area (Å²) in [5, 5.41) is 9.48. The third kappa shape index (κ3) is 3.98. The summed E-state index contributed by atoms with van der Waals surface area (Å²) in [7, 11) is 2.06. The van der Waals surface area contributed by atoms with Crippen molar-refractivity contribution in [1.82, 2.24) is 4.90 Å². The number of aliphatic hydroxyl groups is 1. The second kappa shape index (κ2) is 6.44. The molecule has 1 aliphatic rings. The van der Waals surface area contributed by atoms with Gasteiger partial charge in [-0.05, 0) is 56.8 Å². The van der Waals surface area contributed by atoms with E-state index in [0.717, 1.165) is 37.8 Å². The standard InChI is InChI=1S/C15H21F2NO/c1-18(12-3-5-13(19)6-4-12)9-8-11-2-7-14(16)15(17)10-11/h2,7,10,12-13,19H,3-6,8-9H2,1H3. The SMILES string of the molecule is CN(CCc1ccc(F)c(F)c1)C1CCC(O)CC1. The smallest absolute Gasteiger partial charge is 0.159 e. The number of likely N-dealkylation sites (N-methyl/N-ethyl adjacent to an activating group) is 1. The van der Waals surface area contributed by atoms with Crippen LogP contribution in [0, 0.1) is 11.6 Å². The maximum absolute atomic E-state index is 13.1. The number of rotatable bonds is 4. The normalized spacial score (nSPS) is 23.8. The molecule has 1 aromatic rings. The average molecular weight is 269 g/mol. The van der Waals surface area contributed by atoms with E-state index in [1.807, 2.05) is 0 Å². The van der Waals surface area contributed by atoms with Gasteiger partial charge in [-0.3, -0.25) is 0 Å². The van der Waals surface area contributed by atoms with Crippen LogP contribution in [-0.2, 0) is 6.42 Å². The molecule has 1 aromatic carbocycles. The Balaban J connectivity index is 1.82. The van der Waals surface area contributed by atoms with Gasteiger partial charge in [0.2, 0.25) is 0 Å². The molecule has 0 bridgehead atoms. The Kier molecular flexibility index (Phi) is 4.88. The number of nitrogens with zero attached hydrogens (tertiary/aromatic N) is 1. The van der Waals surface area contributed by atoms with E-state index in [2.05, 4.69) is 11.9 Å². The number of hydrogen-bond donors (Lipinski definition) is 1. The van der Waals surface area contributed by atoms with E-state index < -0.39 is 11.6 Å². The van der Waals surface area contributed by atoms with Crippen LogP contribution in [0.5, 0.6) is 0 Å². The summed E-state index contributed by atoms with van der Waals surface area (Å²) in [4.78, 5) is 2.26. The van der Waals surface area contributed by atoms with Crippen LogP contribution in [0.2, 0.25) is 0 Å². The fraction of sp³-hybridized carbons (Fsp3) is 0.600. The molecule has 0 atom stereocenters. The highest BCUT2D eigenvalue weighted by atomic mass is 19.2. The maximum Gasteiger partial charge on any atom is 0.159 e. The Morgan fingerprint density at radius 1 is 1.16 bits per heavy atom. The maximum atomic E-state index is 13.1. The summed E-state index contributed by atoms with van der Waals surface area (Å²) >= 11 is 0. The highest BCUT2D eigenvalue weighted by molar-refractivity contribution is 5.18. The van der Waals surface area contributed by atoms with Gasteiger partial charge in [0.25, 0.3) is 0 Å². The minimum absolute atomic E-state index is 0.143. The molecule has 2 rings (SSSR count). The third-order valence-electron chi connectivity index (χ3n) is 4.03. The molecule has 0 aliphatic heterocycles. The highest BCUT2D eigenvalue weighted by Gasteiger charge is 2.22. The molecule has 0 saturated heterocycles. The predicted octanol–water partition coefficient (Wildman–Crippen LogP) is 2.74. The lowest BCUT2D eigenvalue weighted by Gasteiger charge is -2.33. The van der Waals surface area contributed by atoms with Crippen molar-refractivity contribution in [3.05, 3.63) is 35.4 Å². The zero-order valence-electron chi connectivity index (χ0n) is 11.3. The minimum Gasteiger partial charge on any atom is -0.393 e. The average Bonchev–Trinajstić information content (AvgIpc) is 2.40. The fourth-order valence-corrected chi connectivity index (χ4v) is 2.68. The van der Waals surface area contributed by atoms with Gasteiger partial charge < -0.3 is 10.0 Å². The van der Waals surface area contributed by atoms with Gasteiger partial charge in [-0.25, -0.2) is 8.78 Å². The van der Waals surface area contributed by atoms with E-state index in [1.54, 1.807) is 6.07 Å². The van der Waals surface area contributed by atoms with E-state index in [0.29, 0.717) is 12.5 Å². The molecule has 0 spiro atoms. The van der Waals surface area contributed by atoms with Crippen LogP contribution in [0.1, 0.15) is 31.2 Å². The number of hydrogen-bond acceptors (Lipinski definition) is 2. The van der Waals surface area contributed by atoms with Crippen LogP contribution >= 0.6 is 0 Å². The van der Waals surface area contributed by atoms with Gasteiger partial charge >= 0.3 is 0 Å². The first kappa shape index (κ1) is 14.4. The van der Waals surface area contributed by atoms with Gasteiger partial charge in [0.05, 0.1) is 6.10 Å². The molecule has 4 heteroatoms. The van der Waals surface area contributed by atoms with Crippen LogP contribution in [0.4, 0.5) is 8.78 Å². The van der Waals surface area contributed by atoms with Crippen molar-refractivity contribution in [2.75, 3.05) is 13.6 Å². The van der Waals surface area contributed by atoms with Gasteiger partial charge in [-0.15, -0.1) is 0 Å². The number of halogens is 2. The summed E-state index contributed by atoms with van der Waals surface area (Å²) in [6.07, 6.45) is 4.31. The van der Waals surface area contributed by atoms with E-state index in [-0.39, 0.29) is 6.10 Å². The molecule has 19 heavy (non-hydrogen) atoms. The molecular formula is C15H21F2NO. The van der Waals surface area contributed by atoms with Crippen molar-refractivity contribution in [3.8, 4) is 0 Å². The summed E-state index contributed by atoms with van der Waals surface area (Å²) in [5.74, 6) is -1.57. The Morgan fingerprint density at radius 2 is 1.84 bits per heavy atom. The molecule has 106 valence electrons. The third-order valence-corrected chi connectivity index (χ3v) is 4.03. The molecule has 1 aliphatic carbocycles. The molecule has 0 unspecified atom stereocenters. The lowest BCUT2D eigenvalue weighted by atomic mass is 9.92. The second-order valence-corrected chi connectivity index (χ2v) is 5.44. The molecule has 0 aromatic heterocycles. The Labute approximate surface area is 113 Å². The van der Waals surface area contributed by atoms with E-state index in [1.165, 1.54) is 12.1 Å². The predicted molar refractivity (Wildman–Crippen MR) is 71.0 cm³/mol. The first-order valence-corrected chi connectivity index (χ1v) is 6.88. The lowest BCUT2D eigenvalue weighted by molar-refractivity contribution is 0.0847. The molecule has 1 fully saturated rings. The van der Waals surface area contributed by atoms with Crippen molar-refractivity contribution >= 4 is 0 Å². The molecule has 0 radical (unpaired) electrons. The number of aliphatic hydroxyl groups excluding tert-OH is 1. The van der Waals surface area contributed by atoms with E-state index >= 15 is 0 Å². The van der Waals surface area contributed by atoms with Gasteiger partial charge in [0, 0.05) is 12.6 Å². The Morgan fingerprint density at radius 3 is 2.47 bits per heavy atom. The van der Waals surface area contributed by atoms with Crippen molar-refractivity contribution in [1.29, 1.82) is 0 Å². The monoisotopic (exact) mass is 269 g/mol. The molecule has 2 nitrogen and oxygen atoms in total. The fourth-order valence-electron chi connectivity index (χ4n) is 2.68. The lowest BCUT2D eigenvalue weighted by Crippen LogP contribution is -2.37. The largest absolute Gasteiger partial charge is 0.393 e. The summed E-state index contributed by atoms with van der Waals surface area (Å²) in [6, 6.07) is 4.58. The first-order chi connectivity index (χ1) is 9.06. The summed E-state index contributed by atoms with van der Waals surface area (Å²) in [5.41, 5.74) is 0.821. The van der Waals surface area contributed by atoms with Crippen LogP contribution in [-0.4, -0.2) is 35.7 Å². The molecule has 0 amide bonds. The highest BCUT2D eigenvalue weighted by Crippen LogP contribution is 2.22. The van der Waals surface area contributed by atoms with E-state index in [9.17, 15) is 13.9 Å². The Hall–Kier alpha value is -1.00. The van der Waals surface area contributed by atoms with Crippen LogP contribution in [0.3, 0.4) is 0 Å². The first-order valence-electron chi connectivity index (χ1n) is 6.88. The van der Waals surface area contributed by atoms with Crippen LogP contribution < -0.4 is 0 Å².